The molecule has 0 spiro atoms. The van der Waals surface area contributed by atoms with Gasteiger partial charge in [0, 0.05) is 57.5 Å². The summed E-state index contributed by atoms with van der Waals surface area (Å²) < 4.78 is 29.9. The zero-order valence-electron chi connectivity index (χ0n) is 46.2. The van der Waals surface area contributed by atoms with Crippen LogP contribution < -0.4 is 30.7 Å². The van der Waals surface area contributed by atoms with Crippen LogP contribution in [0.1, 0.15) is 152 Å². The number of aliphatic carboxylic acids is 1. The number of benzene rings is 4. The Bertz CT molecular complexity index is 2850. The molecule has 8 rings (SSSR count). The molecule has 2 saturated carbocycles. The number of esters is 1. The molecule has 0 aliphatic heterocycles. The van der Waals surface area contributed by atoms with Crippen LogP contribution in [0.3, 0.4) is 0 Å². The van der Waals surface area contributed by atoms with Gasteiger partial charge in [0.2, 0.25) is 0 Å². The number of nitrogens with one attached hydrogen (secondary N) is 4. The first-order valence-electron chi connectivity index (χ1n) is 27.9. The van der Waals surface area contributed by atoms with Gasteiger partial charge in [0.15, 0.2) is 0 Å². The second-order valence-corrected chi connectivity index (χ2v) is 22.3. The van der Waals surface area contributed by atoms with E-state index in [9.17, 15) is 19.2 Å². The monoisotopic (exact) mass is 1100 g/mol. The molecule has 2 amide bonds. The van der Waals surface area contributed by atoms with Crippen molar-refractivity contribution < 1.29 is 47.3 Å². The Kier molecular flexibility index (Phi) is 23.4. The van der Waals surface area contributed by atoms with Gasteiger partial charge in [-0.05, 0) is 180 Å². The molecule has 0 bridgehead atoms. The number of ether oxygens (including phenoxy) is 3. The van der Waals surface area contributed by atoms with Crippen molar-refractivity contribution in [2.75, 3.05) is 67.6 Å². The summed E-state index contributed by atoms with van der Waals surface area (Å²) in [7, 11) is 0. The third-order valence-electron chi connectivity index (χ3n) is 14.7. The van der Waals surface area contributed by atoms with E-state index in [1.165, 1.54) is 38.5 Å². The Morgan fingerprint density at radius 1 is 0.603 bits per heavy atom. The summed E-state index contributed by atoms with van der Waals surface area (Å²) in [5, 5.41) is 23.8. The molecule has 5 N–H and O–H groups in total. The fraction of sp³-hybridized carbons (Fsp3) is 0.484. The van der Waals surface area contributed by atoms with Gasteiger partial charge in [0.05, 0.1) is 44.7 Å². The van der Waals surface area contributed by atoms with E-state index in [1.807, 2.05) is 84.2 Å². The molecule has 4 aromatic carbocycles. The number of hydrogen-bond acceptors (Lipinski definition) is 13. The molecule has 16 heteroatoms. The number of fused-ring (bicyclic) bond motifs is 2. The van der Waals surface area contributed by atoms with Crippen LogP contribution in [0.2, 0.25) is 0 Å². The van der Waals surface area contributed by atoms with Gasteiger partial charge >= 0.3 is 11.9 Å². The van der Waals surface area contributed by atoms with Crippen LogP contribution in [-0.4, -0.2) is 85.8 Å². The Morgan fingerprint density at radius 2 is 1.03 bits per heavy atom. The summed E-state index contributed by atoms with van der Waals surface area (Å²) in [5.41, 5.74) is 6.93. The third kappa shape index (κ3) is 17.1. The molecule has 0 saturated heterocycles. The quantitative estimate of drug-likeness (QED) is 0.0242. The second-order valence-electron chi connectivity index (χ2n) is 20.3. The smallest absolute Gasteiger partial charge is 0.307 e. The Morgan fingerprint density at radius 3 is 1.42 bits per heavy atom. The predicted octanol–water partition coefficient (Wildman–Crippen LogP) is 14.1. The molecule has 0 radical (unpaired) electrons. The zero-order chi connectivity index (χ0) is 55.2. The van der Waals surface area contributed by atoms with E-state index in [-0.39, 0.29) is 55.8 Å². The van der Waals surface area contributed by atoms with Crippen LogP contribution >= 0.6 is 23.5 Å². The summed E-state index contributed by atoms with van der Waals surface area (Å²) in [4.78, 5) is 47.1. The highest BCUT2D eigenvalue weighted by atomic mass is 32.2. The summed E-state index contributed by atoms with van der Waals surface area (Å²) in [6.07, 6.45) is 18.3. The average Bonchev–Trinajstić information content (AvgIpc) is 4.07. The van der Waals surface area contributed by atoms with Gasteiger partial charge < -0.3 is 49.4 Å². The molecule has 6 aromatic rings. The highest BCUT2D eigenvalue weighted by Crippen LogP contribution is 2.43. The fourth-order valence-electron chi connectivity index (χ4n) is 10.5. The first-order chi connectivity index (χ1) is 38.0. The Balaban J connectivity index is 0.000000226. The van der Waals surface area contributed by atoms with E-state index < -0.39 is 5.97 Å². The number of thioether (sulfide) groups is 2. The largest absolute Gasteiger partial charge is 0.494 e. The van der Waals surface area contributed by atoms with Crippen LogP contribution in [0.4, 0.5) is 11.4 Å². The first-order valence-corrected chi connectivity index (χ1v) is 30.7. The normalized spacial score (nSPS) is 14.7. The first kappa shape index (κ1) is 59.4. The average molecular weight is 1110 g/mol. The van der Waals surface area contributed by atoms with Gasteiger partial charge in [-0.2, -0.15) is 23.5 Å². The number of hydrogen-bond donors (Lipinski definition) is 5. The molecule has 2 aromatic heterocycles. The lowest BCUT2D eigenvalue weighted by Gasteiger charge is -2.31. The van der Waals surface area contributed by atoms with Crippen LogP contribution in [0.5, 0.6) is 11.5 Å². The van der Waals surface area contributed by atoms with E-state index in [2.05, 4.69) is 59.8 Å². The van der Waals surface area contributed by atoms with Crippen molar-refractivity contribution in [3.63, 3.8) is 0 Å². The van der Waals surface area contributed by atoms with Gasteiger partial charge in [0.25, 0.3) is 11.8 Å². The number of furan rings is 2. The van der Waals surface area contributed by atoms with Gasteiger partial charge in [-0.25, -0.2) is 0 Å². The molecule has 2 fully saturated rings. The van der Waals surface area contributed by atoms with Crippen molar-refractivity contribution in [1.82, 2.24) is 10.6 Å². The zero-order valence-corrected chi connectivity index (χ0v) is 47.8. The van der Waals surface area contributed by atoms with Crippen LogP contribution in [0, 0.1) is 25.7 Å². The predicted molar refractivity (Wildman–Crippen MR) is 316 cm³/mol. The lowest BCUT2D eigenvalue weighted by Crippen LogP contribution is -2.26. The maximum absolute atomic E-state index is 12.5. The van der Waals surface area contributed by atoms with Gasteiger partial charge in [-0.3, -0.25) is 19.2 Å². The number of rotatable bonds is 27. The molecule has 2 aliphatic carbocycles. The number of anilines is 2. The van der Waals surface area contributed by atoms with E-state index in [4.69, 9.17) is 28.2 Å². The molecule has 2 heterocycles. The molecule has 14 nitrogen and oxygen atoms in total. The number of aryl methyl sites for hydroxylation is 2. The second kappa shape index (κ2) is 30.8. The molecule has 2 atom stereocenters. The minimum atomic E-state index is -0.936. The number of carboxylic acid groups (broad SMARTS) is 1. The topological polar surface area (TPSA) is 191 Å². The highest BCUT2D eigenvalue weighted by molar-refractivity contribution is 7.98. The molecule has 2 aliphatic rings. The van der Waals surface area contributed by atoms with Gasteiger partial charge in [-0.15, -0.1) is 0 Å². The number of carbonyl (C=O) groups is 4. The van der Waals surface area contributed by atoms with Crippen molar-refractivity contribution in [1.29, 1.82) is 0 Å². The van der Waals surface area contributed by atoms with Crippen molar-refractivity contribution >= 4 is 80.6 Å². The fourth-order valence-corrected chi connectivity index (χ4v) is 11.3. The van der Waals surface area contributed by atoms with Crippen LogP contribution in [-0.2, 0) is 14.3 Å². The number of carbonyl (C=O) groups excluding carboxylic acids is 3. The SMILES string of the molecule is CCOC(=O)CCNC(=O)c1ccc(NC(c2oc3ccc(OCCCSC)cc3c2C)C2CCCCC2)cc1.CSCCCOc1ccc2oc(C(Nc3ccc(C(=O)NCCC(=O)O)cc3)C3CCCCC3)c(C)c2c1. The van der Waals surface area contributed by atoms with Crippen molar-refractivity contribution in [2.45, 2.75) is 123 Å². The van der Waals surface area contributed by atoms with Gasteiger partial charge in [-0.1, -0.05) is 38.5 Å². The lowest BCUT2D eigenvalue weighted by molar-refractivity contribution is -0.143. The van der Waals surface area contributed by atoms with Crippen molar-refractivity contribution in [3.05, 3.63) is 119 Å². The van der Waals surface area contributed by atoms with Crippen LogP contribution in [0.15, 0.2) is 93.8 Å². The molecular weight excluding hydrogens is 1020 g/mol. The van der Waals surface area contributed by atoms with Crippen LogP contribution in [0.25, 0.3) is 21.9 Å². The maximum Gasteiger partial charge on any atom is 0.307 e. The molecule has 78 heavy (non-hydrogen) atoms. The Hall–Kier alpha value is -6.26. The van der Waals surface area contributed by atoms with E-state index in [0.717, 1.165) is 117 Å². The molecular formula is C62H80N4O10S2. The van der Waals surface area contributed by atoms with Gasteiger partial charge in [0.1, 0.15) is 34.2 Å². The number of carboxylic acids is 1. The van der Waals surface area contributed by atoms with E-state index >= 15 is 0 Å². The summed E-state index contributed by atoms with van der Waals surface area (Å²) in [6.45, 7) is 8.13. The third-order valence-corrected chi connectivity index (χ3v) is 16.1. The lowest BCUT2D eigenvalue weighted by atomic mass is 9.82. The summed E-state index contributed by atoms with van der Waals surface area (Å²) in [6, 6.07) is 27.1. The molecule has 2 unspecified atom stereocenters. The standard InChI is InChI=1S/C32H42N2O5S.C30H38N2O5S/c1-4-37-29(35)17-18-33-32(36)24-11-13-25(14-12-24)34-30(23-9-6-5-7-10-23)31-22(2)27-21-26(15-16-28(27)39-31)38-19-8-20-40-3;1-20-25-19-24(36-17-6-18-38-2)13-14-26(25)37-29(20)28(21-7-4-3-5-8-21)32-23-11-9-22(10-12-23)30(35)31-16-15-27(33)34/h11-16,21,23,30,34H,4-10,17-20H2,1-3H3,(H,33,36);9-14,19,21,28,32H,3-8,15-18H2,1-2H3,(H,31,35)(H,33,34). The maximum atomic E-state index is 12.5. The minimum absolute atomic E-state index is 0.0175. The summed E-state index contributed by atoms with van der Waals surface area (Å²) >= 11 is 3.66. The summed E-state index contributed by atoms with van der Waals surface area (Å²) in [5.74, 6) is 5.03. The van der Waals surface area contributed by atoms with Crippen molar-refractivity contribution in [2.24, 2.45) is 11.8 Å². The highest BCUT2D eigenvalue weighted by Gasteiger charge is 2.32. The number of amides is 2. The van der Waals surface area contributed by atoms with Crippen molar-refractivity contribution in [3.8, 4) is 11.5 Å². The Labute approximate surface area is 468 Å². The van der Waals surface area contributed by atoms with E-state index in [0.29, 0.717) is 42.8 Å². The van der Waals surface area contributed by atoms with E-state index in [1.54, 1.807) is 19.1 Å². The minimum Gasteiger partial charge on any atom is -0.494 e. The molecule has 420 valence electrons.